The highest BCUT2D eigenvalue weighted by Gasteiger charge is 2.20. The van der Waals surface area contributed by atoms with Crippen molar-refractivity contribution in [3.63, 3.8) is 0 Å². The number of hydrogen-bond acceptors (Lipinski definition) is 6. The fourth-order valence-corrected chi connectivity index (χ4v) is 3.00. The summed E-state index contributed by atoms with van der Waals surface area (Å²) < 4.78 is 0. The zero-order valence-electron chi connectivity index (χ0n) is 16.1. The summed E-state index contributed by atoms with van der Waals surface area (Å²) in [5.41, 5.74) is 14.7. The van der Waals surface area contributed by atoms with Crippen molar-refractivity contribution in [3.05, 3.63) is 77.0 Å². The van der Waals surface area contributed by atoms with Crippen LogP contribution in [0.15, 0.2) is 54.7 Å². The second kappa shape index (κ2) is 8.39. The van der Waals surface area contributed by atoms with Gasteiger partial charge in [-0.05, 0) is 42.7 Å². The van der Waals surface area contributed by atoms with Crippen LogP contribution >= 0.6 is 0 Å². The van der Waals surface area contributed by atoms with Gasteiger partial charge in [-0.2, -0.15) is 4.98 Å². The van der Waals surface area contributed by atoms with Gasteiger partial charge in [0.05, 0.1) is 0 Å². The fraction of sp³-hybridized carbons (Fsp3) is 0.143. The minimum Gasteiger partial charge on any atom is -0.368 e. The molecule has 1 aromatic heterocycles. The van der Waals surface area contributed by atoms with E-state index in [1.165, 1.54) is 6.20 Å². The molecule has 0 aliphatic carbocycles. The molecule has 2 amide bonds. The van der Waals surface area contributed by atoms with E-state index in [2.05, 4.69) is 20.6 Å². The van der Waals surface area contributed by atoms with Gasteiger partial charge in [0.25, 0.3) is 5.91 Å². The smallest absolute Gasteiger partial charge is 0.254 e. The Labute approximate surface area is 168 Å². The summed E-state index contributed by atoms with van der Waals surface area (Å²) >= 11 is 0. The van der Waals surface area contributed by atoms with E-state index in [0.29, 0.717) is 5.56 Å². The fourth-order valence-electron chi connectivity index (χ4n) is 3.00. The average molecular weight is 390 g/mol. The Morgan fingerprint density at radius 3 is 2.24 bits per heavy atom. The summed E-state index contributed by atoms with van der Waals surface area (Å²) in [6.45, 7) is 3.94. The van der Waals surface area contributed by atoms with Crippen LogP contribution in [-0.2, 0) is 4.79 Å². The molecule has 0 fully saturated rings. The lowest BCUT2D eigenvalue weighted by molar-refractivity contribution is -0.118. The molecule has 8 heteroatoms. The highest BCUT2D eigenvalue weighted by Crippen LogP contribution is 2.23. The number of benzene rings is 2. The topological polar surface area (TPSA) is 136 Å². The Bertz CT molecular complexity index is 1030. The van der Waals surface area contributed by atoms with Crippen molar-refractivity contribution in [1.82, 2.24) is 9.97 Å². The van der Waals surface area contributed by atoms with Crippen LogP contribution < -0.4 is 22.1 Å². The molecular weight excluding hydrogens is 368 g/mol. The molecule has 1 heterocycles. The van der Waals surface area contributed by atoms with E-state index < -0.39 is 17.9 Å². The summed E-state index contributed by atoms with van der Waals surface area (Å²) in [5, 5.41) is 6.03. The largest absolute Gasteiger partial charge is 0.368 e. The molecule has 29 heavy (non-hydrogen) atoms. The number of amides is 2. The maximum atomic E-state index is 11.9. The molecular formula is C21H22N6O2. The van der Waals surface area contributed by atoms with Crippen LogP contribution in [0.2, 0.25) is 0 Å². The second-order valence-corrected chi connectivity index (χ2v) is 6.71. The number of aryl methyl sites for hydroxylation is 2. The predicted molar refractivity (Wildman–Crippen MR) is 112 cm³/mol. The van der Waals surface area contributed by atoms with Crippen LogP contribution in [0.5, 0.6) is 0 Å². The molecule has 0 aliphatic heterocycles. The summed E-state index contributed by atoms with van der Waals surface area (Å²) in [6.07, 6.45) is 1.31. The molecule has 1 unspecified atom stereocenters. The monoisotopic (exact) mass is 390 g/mol. The minimum atomic E-state index is -0.829. The average Bonchev–Trinajstić information content (AvgIpc) is 2.65. The summed E-state index contributed by atoms with van der Waals surface area (Å²) in [6, 6.07) is 14.0. The van der Waals surface area contributed by atoms with Gasteiger partial charge in [0, 0.05) is 11.9 Å². The highest BCUT2D eigenvalue weighted by molar-refractivity contribution is 5.98. The highest BCUT2D eigenvalue weighted by atomic mass is 16.1. The van der Waals surface area contributed by atoms with Crippen molar-refractivity contribution in [2.24, 2.45) is 11.5 Å². The van der Waals surface area contributed by atoms with Crippen LogP contribution in [0.1, 0.15) is 33.1 Å². The molecule has 0 bridgehead atoms. The molecule has 148 valence electrons. The standard InChI is InChI=1S/C21H22N6O2/c1-12-8-13(2)10-15(9-12)25-20-16(18(22)28)11-24-21(27-20)26-17(19(23)29)14-6-4-3-5-7-14/h3-11,17H,1-2H3,(H2,22,28)(H2,23,29)(H2,24,25,26,27). The Hall–Kier alpha value is -3.94. The minimum absolute atomic E-state index is 0.130. The molecule has 0 radical (unpaired) electrons. The number of hydrogen-bond donors (Lipinski definition) is 4. The maximum Gasteiger partial charge on any atom is 0.254 e. The van der Waals surface area contributed by atoms with E-state index in [9.17, 15) is 9.59 Å². The van der Waals surface area contributed by atoms with Crippen molar-refractivity contribution < 1.29 is 9.59 Å². The van der Waals surface area contributed by atoms with Gasteiger partial charge in [0.2, 0.25) is 11.9 Å². The van der Waals surface area contributed by atoms with Gasteiger partial charge in [-0.25, -0.2) is 4.98 Å². The van der Waals surface area contributed by atoms with Crippen LogP contribution in [-0.4, -0.2) is 21.8 Å². The van der Waals surface area contributed by atoms with Crippen molar-refractivity contribution in [2.45, 2.75) is 19.9 Å². The normalized spacial score (nSPS) is 11.5. The molecule has 3 rings (SSSR count). The summed E-state index contributed by atoms with van der Waals surface area (Å²) in [4.78, 5) is 32.2. The Morgan fingerprint density at radius 1 is 1.00 bits per heavy atom. The van der Waals surface area contributed by atoms with Gasteiger partial charge in [-0.3, -0.25) is 9.59 Å². The van der Waals surface area contributed by atoms with Gasteiger partial charge < -0.3 is 22.1 Å². The molecule has 8 nitrogen and oxygen atoms in total. The van der Waals surface area contributed by atoms with Crippen molar-refractivity contribution in [1.29, 1.82) is 0 Å². The lowest BCUT2D eigenvalue weighted by Gasteiger charge is -2.17. The van der Waals surface area contributed by atoms with E-state index in [-0.39, 0.29) is 17.3 Å². The molecule has 2 aromatic carbocycles. The first kappa shape index (κ1) is 19.8. The Balaban J connectivity index is 1.95. The number of rotatable bonds is 7. The molecule has 0 saturated carbocycles. The van der Waals surface area contributed by atoms with Gasteiger partial charge >= 0.3 is 0 Å². The van der Waals surface area contributed by atoms with Gasteiger partial charge in [0.15, 0.2) is 0 Å². The maximum absolute atomic E-state index is 11.9. The third-order valence-electron chi connectivity index (χ3n) is 4.23. The second-order valence-electron chi connectivity index (χ2n) is 6.71. The van der Waals surface area contributed by atoms with Gasteiger partial charge in [-0.15, -0.1) is 0 Å². The van der Waals surface area contributed by atoms with Crippen molar-refractivity contribution >= 4 is 29.3 Å². The first-order valence-electron chi connectivity index (χ1n) is 8.96. The predicted octanol–water partition coefficient (Wildman–Crippen LogP) is 2.57. The number of anilines is 3. The number of primary amides is 2. The van der Waals surface area contributed by atoms with Crippen LogP contribution in [0.4, 0.5) is 17.5 Å². The molecule has 0 spiro atoms. The lowest BCUT2D eigenvalue weighted by Crippen LogP contribution is -2.28. The van der Waals surface area contributed by atoms with Crippen molar-refractivity contribution in [2.75, 3.05) is 10.6 Å². The van der Waals surface area contributed by atoms with Crippen molar-refractivity contribution in [3.8, 4) is 0 Å². The van der Waals surface area contributed by atoms with E-state index in [1.54, 1.807) is 24.3 Å². The number of carbonyl (C=O) groups is 2. The number of nitrogens with zero attached hydrogens (tertiary/aromatic N) is 2. The lowest BCUT2D eigenvalue weighted by atomic mass is 10.1. The van der Waals surface area contributed by atoms with Crippen LogP contribution in [0, 0.1) is 13.8 Å². The number of aromatic nitrogens is 2. The Morgan fingerprint density at radius 2 is 1.66 bits per heavy atom. The molecule has 0 aliphatic rings. The van der Waals surface area contributed by atoms with Crippen LogP contribution in [0.25, 0.3) is 0 Å². The number of nitrogens with one attached hydrogen (secondary N) is 2. The van der Waals surface area contributed by atoms with Gasteiger partial charge in [0.1, 0.15) is 17.4 Å². The number of carbonyl (C=O) groups excluding carboxylic acids is 2. The SMILES string of the molecule is Cc1cc(C)cc(Nc2nc(NC(C(N)=O)c3ccccc3)ncc2C(N)=O)c1. The molecule has 3 aromatic rings. The zero-order chi connectivity index (χ0) is 21.0. The Kier molecular flexibility index (Phi) is 5.73. The van der Waals surface area contributed by atoms with E-state index in [4.69, 9.17) is 11.5 Å². The summed E-state index contributed by atoms with van der Waals surface area (Å²) in [7, 11) is 0. The molecule has 1 atom stereocenters. The molecule has 0 saturated heterocycles. The summed E-state index contributed by atoms with van der Waals surface area (Å²) in [5.74, 6) is -0.883. The van der Waals surface area contributed by atoms with E-state index in [1.807, 2.05) is 38.1 Å². The first-order chi connectivity index (χ1) is 13.8. The third-order valence-corrected chi connectivity index (χ3v) is 4.23. The van der Waals surface area contributed by atoms with E-state index in [0.717, 1.165) is 16.8 Å². The quantitative estimate of drug-likeness (QED) is 0.489. The van der Waals surface area contributed by atoms with Gasteiger partial charge in [-0.1, -0.05) is 36.4 Å². The van der Waals surface area contributed by atoms with Crippen LogP contribution in [0.3, 0.4) is 0 Å². The first-order valence-corrected chi connectivity index (χ1v) is 8.96. The number of nitrogens with two attached hydrogens (primary N) is 2. The third kappa shape index (κ3) is 4.86. The van der Waals surface area contributed by atoms with E-state index >= 15 is 0 Å². The molecule has 6 N–H and O–H groups in total. The zero-order valence-corrected chi connectivity index (χ0v) is 16.1.